The maximum absolute atomic E-state index is 11.6. The van der Waals surface area contributed by atoms with Crippen LogP contribution >= 0.6 is 0 Å². The van der Waals surface area contributed by atoms with Crippen molar-refractivity contribution in [3.05, 3.63) is 11.6 Å². The van der Waals surface area contributed by atoms with E-state index in [-0.39, 0.29) is 5.41 Å². The predicted octanol–water partition coefficient (Wildman–Crippen LogP) is 2.96. The quantitative estimate of drug-likeness (QED) is 0.585. The summed E-state index contributed by atoms with van der Waals surface area (Å²) in [6.07, 6.45) is 3.96. The van der Waals surface area contributed by atoms with Gasteiger partial charge in [0.2, 0.25) is 0 Å². The maximum Gasteiger partial charge on any atom is 0.161 e. The van der Waals surface area contributed by atoms with Crippen LogP contribution in [0.15, 0.2) is 11.6 Å². The minimum absolute atomic E-state index is 0.113. The van der Waals surface area contributed by atoms with Crippen LogP contribution in [0.1, 0.15) is 40.5 Å². The van der Waals surface area contributed by atoms with Crippen LogP contribution in [0.25, 0.3) is 0 Å². The number of rotatable bonds is 1. The van der Waals surface area contributed by atoms with E-state index >= 15 is 0 Å². The Kier molecular flexibility index (Phi) is 2.41. The molecule has 0 unspecified atom stereocenters. The molecule has 0 radical (unpaired) electrons. The van der Waals surface area contributed by atoms with E-state index in [1.807, 2.05) is 19.9 Å². The van der Waals surface area contributed by atoms with Crippen molar-refractivity contribution >= 4 is 5.78 Å². The molecular weight excluding hydrogens is 148 g/mol. The number of hydrogen-bond acceptors (Lipinski definition) is 1. The highest BCUT2D eigenvalue weighted by molar-refractivity contribution is 5.95. The highest BCUT2D eigenvalue weighted by Gasteiger charge is 2.30. The van der Waals surface area contributed by atoms with Gasteiger partial charge in [-0.2, -0.15) is 0 Å². The molecule has 0 aromatic carbocycles. The van der Waals surface area contributed by atoms with E-state index < -0.39 is 0 Å². The number of carbonyl (C=O) groups excluding carboxylic acids is 1. The standard InChI is InChI=1S/C11H18O/c1-8(2)9-5-6-11(3,4)10(12)7-9/h7-8H,5-6H2,1-4H3. The Morgan fingerprint density at radius 2 is 2.00 bits per heavy atom. The highest BCUT2D eigenvalue weighted by Crippen LogP contribution is 2.33. The van der Waals surface area contributed by atoms with Crippen LogP contribution < -0.4 is 0 Å². The molecule has 0 aliphatic heterocycles. The second-order valence-electron chi connectivity index (χ2n) is 4.62. The average Bonchev–Trinajstić information content (AvgIpc) is 1.94. The van der Waals surface area contributed by atoms with Gasteiger partial charge in [-0.1, -0.05) is 33.3 Å². The molecule has 0 aromatic heterocycles. The molecule has 0 aromatic rings. The summed E-state index contributed by atoms with van der Waals surface area (Å²) in [4.78, 5) is 11.6. The molecule has 68 valence electrons. The Morgan fingerprint density at radius 1 is 1.42 bits per heavy atom. The molecule has 1 heteroatoms. The molecule has 0 saturated carbocycles. The third-order valence-corrected chi connectivity index (χ3v) is 2.76. The molecule has 1 aliphatic carbocycles. The maximum atomic E-state index is 11.6. The fourth-order valence-electron chi connectivity index (χ4n) is 1.47. The molecule has 0 heterocycles. The summed E-state index contributed by atoms with van der Waals surface area (Å²) in [7, 11) is 0. The van der Waals surface area contributed by atoms with Crippen LogP contribution in [0.4, 0.5) is 0 Å². The Bertz CT molecular complexity index is 221. The zero-order valence-corrected chi connectivity index (χ0v) is 8.48. The van der Waals surface area contributed by atoms with Crippen LogP contribution in [0.2, 0.25) is 0 Å². The van der Waals surface area contributed by atoms with E-state index in [0.29, 0.717) is 11.7 Å². The summed E-state index contributed by atoms with van der Waals surface area (Å²) < 4.78 is 0. The SMILES string of the molecule is CC(C)C1=CC(=O)C(C)(C)CC1. The molecule has 0 amide bonds. The van der Waals surface area contributed by atoms with Crippen molar-refractivity contribution in [1.82, 2.24) is 0 Å². The van der Waals surface area contributed by atoms with E-state index in [9.17, 15) is 4.79 Å². The Balaban J connectivity index is 2.82. The van der Waals surface area contributed by atoms with Gasteiger partial charge in [0, 0.05) is 5.41 Å². The van der Waals surface area contributed by atoms with Crippen molar-refractivity contribution in [2.45, 2.75) is 40.5 Å². The van der Waals surface area contributed by atoms with Gasteiger partial charge in [-0.15, -0.1) is 0 Å². The lowest BCUT2D eigenvalue weighted by atomic mass is 9.75. The second kappa shape index (κ2) is 3.04. The molecular formula is C11H18O. The molecule has 0 bridgehead atoms. The molecule has 1 rings (SSSR count). The third-order valence-electron chi connectivity index (χ3n) is 2.76. The zero-order chi connectivity index (χ0) is 9.35. The second-order valence-corrected chi connectivity index (χ2v) is 4.62. The van der Waals surface area contributed by atoms with Gasteiger partial charge in [-0.3, -0.25) is 4.79 Å². The van der Waals surface area contributed by atoms with Crippen LogP contribution in [0, 0.1) is 11.3 Å². The topological polar surface area (TPSA) is 17.1 Å². The Hall–Kier alpha value is -0.590. The van der Waals surface area contributed by atoms with Crippen LogP contribution in [0.3, 0.4) is 0 Å². The minimum Gasteiger partial charge on any atom is -0.294 e. The lowest BCUT2D eigenvalue weighted by Crippen LogP contribution is -2.27. The van der Waals surface area contributed by atoms with Crippen LogP contribution in [-0.4, -0.2) is 5.78 Å². The number of ketones is 1. The predicted molar refractivity (Wildman–Crippen MR) is 50.9 cm³/mol. The van der Waals surface area contributed by atoms with Gasteiger partial charge in [0.05, 0.1) is 0 Å². The van der Waals surface area contributed by atoms with Gasteiger partial charge in [0.15, 0.2) is 5.78 Å². The number of hydrogen-bond donors (Lipinski definition) is 0. The summed E-state index contributed by atoms with van der Waals surface area (Å²) in [5, 5.41) is 0. The van der Waals surface area contributed by atoms with Crippen molar-refractivity contribution in [3.63, 3.8) is 0 Å². The summed E-state index contributed by atoms with van der Waals surface area (Å²) >= 11 is 0. The summed E-state index contributed by atoms with van der Waals surface area (Å²) in [6.45, 7) is 8.36. The first kappa shape index (κ1) is 9.50. The van der Waals surface area contributed by atoms with Crippen molar-refractivity contribution in [3.8, 4) is 0 Å². The zero-order valence-electron chi connectivity index (χ0n) is 8.48. The van der Waals surface area contributed by atoms with Gasteiger partial charge in [0.1, 0.15) is 0 Å². The molecule has 0 N–H and O–H groups in total. The van der Waals surface area contributed by atoms with Gasteiger partial charge in [-0.25, -0.2) is 0 Å². The van der Waals surface area contributed by atoms with Crippen LogP contribution in [0.5, 0.6) is 0 Å². The molecule has 0 atom stereocenters. The summed E-state index contributed by atoms with van der Waals surface area (Å²) in [5.74, 6) is 0.836. The Labute approximate surface area is 74.9 Å². The summed E-state index contributed by atoms with van der Waals surface area (Å²) in [6, 6.07) is 0. The Morgan fingerprint density at radius 3 is 2.42 bits per heavy atom. The minimum atomic E-state index is -0.113. The molecule has 0 fully saturated rings. The molecule has 1 aliphatic rings. The van der Waals surface area contributed by atoms with Crippen LogP contribution in [-0.2, 0) is 4.79 Å². The average molecular weight is 166 g/mol. The fourth-order valence-corrected chi connectivity index (χ4v) is 1.47. The number of carbonyl (C=O) groups is 1. The summed E-state index contributed by atoms with van der Waals surface area (Å²) in [5.41, 5.74) is 1.21. The molecule has 1 nitrogen and oxygen atoms in total. The lowest BCUT2D eigenvalue weighted by molar-refractivity contribution is -0.123. The van der Waals surface area contributed by atoms with E-state index in [1.165, 1.54) is 5.57 Å². The first-order chi connectivity index (χ1) is 5.43. The number of allylic oxidation sites excluding steroid dienone is 2. The molecule has 12 heavy (non-hydrogen) atoms. The molecule has 0 spiro atoms. The smallest absolute Gasteiger partial charge is 0.161 e. The van der Waals surface area contributed by atoms with Gasteiger partial charge in [0.25, 0.3) is 0 Å². The van der Waals surface area contributed by atoms with Gasteiger partial charge >= 0.3 is 0 Å². The van der Waals surface area contributed by atoms with Crippen molar-refractivity contribution in [1.29, 1.82) is 0 Å². The van der Waals surface area contributed by atoms with E-state index in [2.05, 4.69) is 13.8 Å². The van der Waals surface area contributed by atoms with Gasteiger partial charge in [-0.05, 0) is 24.8 Å². The van der Waals surface area contributed by atoms with E-state index in [1.54, 1.807) is 0 Å². The normalized spacial score (nSPS) is 22.8. The lowest BCUT2D eigenvalue weighted by Gasteiger charge is -2.28. The third kappa shape index (κ3) is 1.77. The van der Waals surface area contributed by atoms with Gasteiger partial charge < -0.3 is 0 Å². The largest absolute Gasteiger partial charge is 0.294 e. The monoisotopic (exact) mass is 166 g/mol. The van der Waals surface area contributed by atoms with E-state index in [4.69, 9.17) is 0 Å². The van der Waals surface area contributed by atoms with E-state index in [0.717, 1.165) is 12.8 Å². The van der Waals surface area contributed by atoms with Crippen molar-refractivity contribution in [2.24, 2.45) is 11.3 Å². The highest BCUT2D eigenvalue weighted by atomic mass is 16.1. The fraction of sp³-hybridized carbons (Fsp3) is 0.727. The molecule has 0 saturated heterocycles. The first-order valence-corrected chi connectivity index (χ1v) is 4.68. The first-order valence-electron chi connectivity index (χ1n) is 4.68. The van der Waals surface area contributed by atoms with Crippen molar-refractivity contribution < 1.29 is 4.79 Å². The van der Waals surface area contributed by atoms with Crippen molar-refractivity contribution in [2.75, 3.05) is 0 Å².